The molecule has 4 atom stereocenters. The zero-order valence-corrected chi connectivity index (χ0v) is 20.8. The summed E-state index contributed by atoms with van der Waals surface area (Å²) in [7, 11) is -1.61. The van der Waals surface area contributed by atoms with Gasteiger partial charge in [0.2, 0.25) is 15.9 Å². The van der Waals surface area contributed by atoms with Crippen LogP contribution >= 0.6 is 0 Å². The van der Waals surface area contributed by atoms with Crippen molar-refractivity contribution >= 4 is 22.0 Å². The number of hydrogen-bond donors (Lipinski definition) is 0. The Morgan fingerprint density at radius 3 is 2.21 bits per heavy atom. The van der Waals surface area contributed by atoms with Gasteiger partial charge in [-0.15, -0.1) is 0 Å². The third kappa shape index (κ3) is 4.40. The second kappa shape index (κ2) is 9.02. The van der Waals surface area contributed by atoms with E-state index < -0.39 is 10.0 Å². The van der Waals surface area contributed by atoms with Gasteiger partial charge in [0.25, 0.3) is 0 Å². The van der Waals surface area contributed by atoms with Crippen LogP contribution in [0.4, 0.5) is 4.79 Å². The molecular formula is C24H39N3O5S. The molecule has 186 valence electrons. The lowest BCUT2D eigenvalue weighted by Crippen LogP contribution is -2.67. The van der Waals surface area contributed by atoms with Crippen LogP contribution in [0.15, 0.2) is 0 Å². The van der Waals surface area contributed by atoms with E-state index in [0.717, 1.165) is 64.2 Å². The lowest BCUT2D eigenvalue weighted by Gasteiger charge is -2.54. The minimum Gasteiger partial charge on any atom is -0.453 e. The van der Waals surface area contributed by atoms with Crippen molar-refractivity contribution in [2.75, 3.05) is 26.0 Å². The topological polar surface area (TPSA) is 87.2 Å². The van der Waals surface area contributed by atoms with E-state index in [1.54, 1.807) is 4.31 Å². The molecule has 5 fully saturated rings. The van der Waals surface area contributed by atoms with Crippen molar-refractivity contribution in [3.8, 4) is 0 Å². The number of rotatable bonds is 3. The van der Waals surface area contributed by atoms with E-state index in [2.05, 4.69) is 4.90 Å². The molecule has 0 aromatic heterocycles. The maximum absolute atomic E-state index is 13.2. The molecule has 0 N–H and O–H groups in total. The van der Waals surface area contributed by atoms with E-state index in [1.165, 1.54) is 7.11 Å². The first kappa shape index (κ1) is 23.4. The van der Waals surface area contributed by atoms with Crippen LogP contribution in [0.3, 0.4) is 0 Å². The van der Waals surface area contributed by atoms with Gasteiger partial charge in [0.1, 0.15) is 0 Å². The van der Waals surface area contributed by atoms with Crippen molar-refractivity contribution in [3.63, 3.8) is 0 Å². The van der Waals surface area contributed by atoms with Crippen LogP contribution in [0.25, 0.3) is 0 Å². The monoisotopic (exact) mass is 481 g/mol. The largest absolute Gasteiger partial charge is 0.453 e. The summed E-state index contributed by atoms with van der Waals surface area (Å²) in [6.07, 6.45) is 9.40. The van der Waals surface area contributed by atoms with Crippen molar-refractivity contribution in [3.05, 3.63) is 0 Å². The number of carbonyl (C=O) groups is 2. The summed E-state index contributed by atoms with van der Waals surface area (Å²) < 4.78 is 31.6. The van der Waals surface area contributed by atoms with Crippen LogP contribution < -0.4 is 0 Å². The maximum Gasteiger partial charge on any atom is 0.410 e. The van der Waals surface area contributed by atoms with Crippen LogP contribution in [0.2, 0.25) is 0 Å². The number of carbonyl (C=O) groups excluding carboxylic acids is 2. The zero-order valence-electron chi connectivity index (χ0n) is 20.0. The van der Waals surface area contributed by atoms with Crippen molar-refractivity contribution in [2.24, 2.45) is 17.8 Å². The summed E-state index contributed by atoms with van der Waals surface area (Å²) in [5.41, 5.74) is 0. The Balaban J connectivity index is 1.27. The quantitative estimate of drug-likeness (QED) is 0.619. The lowest BCUT2D eigenvalue weighted by molar-refractivity contribution is -0.144. The van der Waals surface area contributed by atoms with Crippen molar-refractivity contribution in [1.29, 1.82) is 0 Å². The van der Waals surface area contributed by atoms with E-state index in [4.69, 9.17) is 4.74 Å². The van der Waals surface area contributed by atoms with Gasteiger partial charge < -0.3 is 9.64 Å². The van der Waals surface area contributed by atoms with Gasteiger partial charge >= 0.3 is 6.09 Å². The highest BCUT2D eigenvalue weighted by Gasteiger charge is 2.50. The van der Waals surface area contributed by atoms with Gasteiger partial charge in [0, 0.05) is 25.0 Å². The Bertz CT molecular complexity index is 867. The summed E-state index contributed by atoms with van der Waals surface area (Å²) >= 11 is 0. The molecule has 5 aliphatic rings. The van der Waals surface area contributed by atoms with Gasteiger partial charge in [-0.3, -0.25) is 9.69 Å². The molecule has 2 aliphatic heterocycles. The highest BCUT2D eigenvalue weighted by molar-refractivity contribution is 7.89. The van der Waals surface area contributed by atoms with E-state index in [0.29, 0.717) is 30.7 Å². The number of amides is 2. The molecule has 2 heterocycles. The number of hydrogen-bond acceptors (Lipinski definition) is 5. The smallest absolute Gasteiger partial charge is 0.410 e. The van der Waals surface area contributed by atoms with E-state index in [-0.39, 0.29) is 42.1 Å². The van der Waals surface area contributed by atoms with Crippen LogP contribution in [-0.2, 0) is 19.6 Å². The van der Waals surface area contributed by atoms with Gasteiger partial charge in [-0.2, -0.15) is 4.31 Å². The minimum absolute atomic E-state index is 0.0317. The zero-order chi connectivity index (χ0) is 23.3. The van der Waals surface area contributed by atoms with E-state index in [1.807, 2.05) is 11.8 Å². The Labute approximate surface area is 198 Å². The molecule has 33 heavy (non-hydrogen) atoms. The second-order valence-electron chi connectivity index (χ2n) is 11.0. The number of sulfonamides is 1. The van der Waals surface area contributed by atoms with Gasteiger partial charge in [0.15, 0.2) is 0 Å². The number of fused-ring (bicyclic) bond motifs is 1. The summed E-state index contributed by atoms with van der Waals surface area (Å²) in [5.74, 6) is 1.88. The predicted octanol–water partition coefficient (Wildman–Crippen LogP) is 2.83. The summed E-state index contributed by atoms with van der Waals surface area (Å²) in [5, 5.41) is 0. The average molecular weight is 482 g/mol. The normalized spacial score (nSPS) is 39.2. The Morgan fingerprint density at radius 1 is 0.909 bits per heavy atom. The highest BCUT2D eigenvalue weighted by atomic mass is 32.2. The number of nitrogens with zero attached hydrogens (tertiary/aromatic N) is 3. The first-order valence-corrected chi connectivity index (χ1v) is 14.6. The summed E-state index contributed by atoms with van der Waals surface area (Å²) in [6.45, 7) is 3.31. The predicted molar refractivity (Wildman–Crippen MR) is 124 cm³/mol. The Hall–Kier alpha value is -1.35. The van der Waals surface area contributed by atoms with Crippen LogP contribution in [0.5, 0.6) is 0 Å². The van der Waals surface area contributed by atoms with Crippen molar-refractivity contribution < 1.29 is 22.7 Å². The summed E-state index contributed by atoms with van der Waals surface area (Å²) in [6, 6.07) is 0.245. The standard InChI is InChI=1S/C24H39N3O5S/c1-16-15-25(23(28)18-4-5-18)22-14-19(8-11-21(22)27(16)24(29)32-2)17-6-9-20(10-7-17)26-12-3-13-33(26,30)31/h16-22H,3-15H2,1-2H3/t16-,17?,19?,20?,21?,22?/m0/s1. The minimum atomic E-state index is -3.05. The fourth-order valence-electron chi connectivity index (χ4n) is 7.25. The molecule has 3 saturated carbocycles. The van der Waals surface area contributed by atoms with Crippen molar-refractivity contribution in [2.45, 2.75) is 95.3 Å². The molecule has 5 rings (SSSR count). The van der Waals surface area contributed by atoms with E-state index in [9.17, 15) is 18.0 Å². The van der Waals surface area contributed by atoms with E-state index >= 15 is 0 Å². The number of piperazine rings is 1. The van der Waals surface area contributed by atoms with Crippen LogP contribution in [0.1, 0.15) is 71.1 Å². The number of ether oxygens (including phenoxy) is 1. The molecule has 0 aromatic rings. The molecule has 0 aromatic carbocycles. The van der Waals surface area contributed by atoms with Crippen LogP contribution in [-0.4, -0.2) is 84.6 Å². The first-order valence-electron chi connectivity index (χ1n) is 13.0. The molecule has 9 heteroatoms. The van der Waals surface area contributed by atoms with Gasteiger partial charge in [-0.1, -0.05) is 0 Å². The fourth-order valence-corrected chi connectivity index (χ4v) is 9.05. The molecule has 3 aliphatic carbocycles. The average Bonchev–Trinajstić information content (AvgIpc) is 3.60. The number of methoxy groups -OCH3 is 1. The van der Waals surface area contributed by atoms with Gasteiger partial charge in [-0.05, 0) is 83.0 Å². The summed E-state index contributed by atoms with van der Waals surface area (Å²) in [4.78, 5) is 29.8. The third-order valence-corrected chi connectivity index (χ3v) is 11.1. The first-order chi connectivity index (χ1) is 15.8. The Morgan fingerprint density at radius 2 is 1.61 bits per heavy atom. The second-order valence-corrected chi connectivity index (χ2v) is 13.1. The highest BCUT2D eigenvalue weighted by Crippen LogP contribution is 2.45. The van der Waals surface area contributed by atoms with Gasteiger partial charge in [0.05, 0.1) is 31.0 Å². The van der Waals surface area contributed by atoms with Crippen molar-refractivity contribution in [1.82, 2.24) is 14.1 Å². The molecule has 2 saturated heterocycles. The molecule has 8 nitrogen and oxygen atoms in total. The maximum atomic E-state index is 13.2. The molecule has 0 bridgehead atoms. The third-order valence-electron chi connectivity index (χ3n) is 9.06. The van der Waals surface area contributed by atoms with Gasteiger partial charge in [-0.25, -0.2) is 13.2 Å². The molecule has 2 amide bonds. The lowest BCUT2D eigenvalue weighted by atomic mass is 9.69. The molecular weight excluding hydrogens is 442 g/mol. The molecule has 0 spiro atoms. The Kier molecular flexibility index (Phi) is 6.40. The molecule has 0 radical (unpaired) electrons. The van der Waals surface area contributed by atoms with Crippen LogP contribution in [0, 0.1) is 17.8 Å². The SMILES string of the molecule is COC(=O)N1C2CCC(C3CCC(N4CCCS4(=O)=O)CC3)CC2N(C(=O)C2CC2)C[C@@H]1C. The molecule has 3 unspecified atom stereocenters. The fraction of sp³-hybridized carbons (Fsp3) is 0.917.